The summed E-state index contributed by atoms with van der Waals surface area (Å²) in [5, 5.41) is 0. The van der Waals surface area contributed by atoms with Gasteiger partial charge in [-0.15, -0.1) is 0 Å². The SMILES string of the molecule is CCC(C)(CC(C)(C)C(=O)OCCOC(=O)/C=C/c1ccccc1)C(=O)OCCOC(=O)C(F)(F)F. The molecule has 1 unspecified atom stereocenters. The molecule has 0 amide bonds. The van der Waals surface area contributed by atoms with E-state index in [4.69, 9.17) is 14.2 Å². The Hall–Kier alpha value is -3.37. The fourth-order valence-electron chi connectivity index (χ4n) is 3.16. The van der Waals surface area contributed by atoms with Crippen LogP contribution in [-0.4, -0.2) is 56.5 Å². The number of rotatable bonds is 13. The molecule has 0 fully saturated rings. The molecule has 11 heteroatoms. The summed E-state index contributed by atoms with van der Waals surface area (Å²) >= 11 is 0. The Morgan fingerprint density at radius 3 is 1.81 bits per heavy atom. The van der Waals surface area contributed by atoms with Crippen LogP contribution in [0.5, 0.6) is 0 Å². The van der Waals surface area contributed by atoms with Crippen molar-refractivity contribution in [3.63, 3.8) is 0 Å². The lowest BCUT2D eigenvalue weighted by atomic mass is 9.72. The van der Waals surface area contributed by atoms with Crippen LogP contribution >= 0.6 is 0 Å². The third-order valence-corrected chi connectivity index (χ3v) is 5.21. The maximum absolute atomic E-state index is 12.6. The lowest BCUT2D eigenvalue weighted by Gasteiger charge is -2.33. The fourth-order valence-corrected chi connectivity index (χ4v) is 3.16. The summed E-state index contributed by atoms with van der Waals surface area (Å²) in [6, 6.07) is 9.13. The fraction of sp³-hybridized carbons (Fsp3) is 0.520. The molecule has 0 saturated heterocycles. The van der Waals surface area contributed by atoms with Gasteiger partial charge in [0.15, 0.2) is 0 Å². The van der Waals surface area contributed by atoms with Crippen LogP contribution in [0, 0.1) is 10.8 Å². The largest absolute Gasteiger partial charge is 0.490 e. The van der Waals surface area contributed by atoms with Crippen molar-refractivity contribution in [2.75, 3.05) is 26.4 Å². The minimum absolute atomic E-state index is 0.0100. The predicted octanol–water partition coefficient (Wildman–Crippen LogP) is 4.27. The van der Waals surface area contributed by atoms with Crippen molar-refractivity contribution in [2.45, 2.75) is 46.7 Å². The number of ether oxygens (including phenoxy) is 4. The first-order valence-corrected chi connectivity index (χ1v) is 11.2. The highest BCUT2D eigenvalue weighted by Crippen LogP contribution is 2.38. The summed E-state index contributed by atoms with van der Waals surface area (Å²) in [5.41, 5.74) is -1.47. The first-order chi connectivity index (χ1) is 16.7. The third-order valence-electron chi connectivity index (χ3n) is 5.21. The van der Waals surface area contributed by atoms with Crippen molar-refractivity contribution in [3.05, 3.63) is 42.0 Å². The van der Waals surface area contributed by atoms with E-state index in [0.29, 0.717) is 0 Å². The Morgan fingerprint density at radius 1 is 0.778 bits per heavy atom. The highest BCUT2D eigenvalue weighted by molar-refractivity contribution is 5.87. The molecule has 0 saturated carbocycles. The Morgan fingerprint density at radius 2 is 1.28 bits per heavy atom. The minimum atomic E-state index is -5.14. The second-order valence-electron chi connectivity index (χ2n) is 8.79. The van der Waals surface area contributed by atoms with Gasteiger partial charge in [-0.05, 0) is 45.3 Å². The van der Waals surface area contributed by atoms with E-state index >= 15 is 0 Å². The first-order valence-electron chi connectivity index (χ1n) is 11.2. The maximum atomic E-state index is 12.6. The molecule has 0 radical (unpaired) electrons. The molecule has 36 heavy (non-hydrogen) atoms. The van der Waals surface area contributed by atoms with E-state index in [1.165, 1.54) is 6.08 Å². The van der Waals surface area contributed by atoms with Crippen molar-refractivity contribution in [1.82, 2.24) is 0 Å². The highest BCUT2D eigenvalue weighted by atomic mass is 19.4. The number of carbonyl (C=O) groups excluding carboxylic acids is 4. The summed E-state index contributed by atoms with van der Waals surface area (Å²) in [4.78, 5) is 47.6. The van der Waals surface area contributed by atoms with E-state index in [9.17, 15) is 32.3 Å². The second-order valence-corrected chi connectivity index (χ2v) is 8.79. The molecule has 8 nitrogen and oxygen atoms in total. The van der Waals surface area contributed by atoms with E-state index in [-0.39, 0.29) is 26.1 Å². The number of esters is 4. The van der Waals surface area contributed by atoms with Crippen molar-refractivity contribution in [3.8, 4) is 0 Å². The summed E-state index contributed by atoms with van der Waals surface area (Å²) in [7, 11) is 0. The molecule has 0 heterocycles. The lowest BCUT2D eigenvalue weighted by molar-refractivity contribution is -0.201. The van der Waals surface area contributed by atoms with E-state index in [1.807, 2.05) is 30.3 Å². The molecule has 0 aliphatic carbocycles. The van der Waals surface area contributed by atoms with Crippen molar-refractivity contribution in [1.29, 1.82) is 0 Å². The number of halogens is 3. The topological polar surface area (TPSA) is 105 Å². The summed E-state index contributed by atoms with van der Waals surface area (Å²) in [5.74, 6) is -4.37. The van der Waals surface area contributed by atoms with Crippen LogP contribution in [0.4, 0.5) is 13.2 Å². The van der Waals surface area contributed by atoms with Crippen LogP contribution in [0.1, 0.15) is 46.1 Å². The highest BCUT2D eigenvalue weighted by Gasteiger charge is 2.43. The van der Waals surface area contributed by atoms with Gasteiger partial charge in [0.1, 0.15) is 26.4 Å². The Bertz CT molecular complexity index is 925. The molecule has 1 aromatic carbocycles. The zero-order valence-corrected chi connectivity index (χ0v) is 20.7. The van der Waals surface area contributed by atoms with Crippen molar-refractivity contribution >= 4 is 30.0 Å². The molecule has 0 aliphatic rings. The van der Waals surface area contributed by atoms with Gasteiger partial charge in [-0.3, -0.25) is 9.59 Å². The van der Waals surface area contributed by atoms with E-state index in [2.05, 4.69) is 4.74 Å². The molecule has 1 rings (SSSR count). The van der Waals surface area contributed by atoms with Gasteiger partial charge in [-0.2, -0.15) is 13.2 Å². The average molecular weight is 517 g/mol. The number of hydrogen-bond donors (Lipinski definition) is 0. The lowest BCUT2D eigenvalue weighted by Crippen LogP contribution is -2.39. The van der Waals surface area contributed by atoms with Gasteiger partial charge in [-0.25, -0.2) is 9.59 Å². The van der Waals surface area contributed by atoms with Crippen LogP contribution in [0.2, 0.25) is 0 Å². The van der Waals surface area contributed by atoms with Gasteiger partial charge >= 0.3 is 30.1 Å². The van der Waals surface area contributed by atoms with Gasteiger partial charge in [0.25, 0.3) is 0 Å². The van der Waals surface area contributed by atoms with E-state index in [1.54, 1.807) is 33.8 Å². The number of carbonyl (C=O) groups is 4. The Kier molecular flexibility index (Phi) is 11.6. The van der Waals surface area contributed by atoms with Crippen molar-refractivity contribution < 1.29 is 51.3 Å². The molecule has 1 atom stereocenters. The molecule has 0 bridgehead atoms. The van der Waals surface area contributed by atoms with Crippen LogP contribution < -0.4 is 0 Å². The maximum Gasteiger partial charge on any atom is 0.490 e. The number of alkyl halides is 3. The molecule has 0 aromatic heterocycles. The molecule has 0 aliphatic heterocycles. The zero-order chi connectivity index (χ0) is 27.4. The number of hydrogen-bond acceptors (Lipinski definition) is 8. The van der Waals surface area contributed by atoms with Crippen LogP contribution in [0.3, 0.4) is 0 Å². The van der Waals surface area contributed by atoms with Crippen LogP contribution in [0.15, 0.2) is 36.4 Å². The Balaban J connectivity index is 2.48. The summed E-state index contributed by atoms with van der Waals surface area (Å²) < 4.78 is 55.6. The van der Waals surface area contributed by atoms with Crippen LogP contribution in [0.25, 0.3) is 6.08 Å². The molecular weight excluding hydrogens is 485 g/mol. The number of benzene rings is 1. The molecular formula is C25H31F3O8. The van der Waals surface area contributed by atoms with Gasteiger partial charge in [0.05, 0.1) is 10.8 Å². The quantitative estimate of drug-likeness (QED) is 0.166. The average Bonchev–Trinajstić information content (AvgIpc) is 2.82. The summed E-state index contributed by atoms with van der Waals surface area (Å²) in [6.07, 6.45) is -2.03. The van der Waals surface area contributed by atoms with Gasteiger partial charge < -0.3 is 18.9 Å². The van der Waals surface area contributed by atoms with E-state index < -0.39 is 54.1 Å². The standard InChI is InChI=1S/C25H31F3O8/c1-5-24(4,21(31)35-15-16-36-22(32)25(26,27)28)17-23(2,3)20(30)34-14-13-33-19(29)12-11-18-9-7-6-8-10-18/h6-12H,5,13-17H2,1-4H3/b12-11+. The molecule has 1 aromatic rings. The third kappa shape index (κ3) is 10.5. The van der Waals surface area contributed by atoms with Crippen LogP contribution in [-0.2, 0) is 38.1 Å². The molecule has 0 N–H and O–H groups in total. The smallest absolute Gasteiger partial charge is 0.462 e. The monoisotopic (exact) mass is 516 g/mol. The van der Waals surface area contributed by atoms with Gasteiger partial charge in [0, 0.05) is 6.08 Å². The minimum Gasteiger partial charge on any atom is -0.462 e. The summed E-state index contributed by atoms with van der Waals surface area (Å²) in [6.45, 7) is 4.70. The second kappa shape index (κ2) is 13.6. The van der Waals surface area contributed by atoms with Gasteiger partial charge in [0.2, 0.25) is 0 Å². The predicted molar refractivity (Wildman–Crippen MR) is 122 cm³/mol. The zero-order valence-electron chi connectivity index (χ0n) is 20.7. The molecule has 0 spiro atoms. The van der Waals surface area contributed by atoms with Crippen molar-refractivity contribution in [2.24, 2.45) is 10.8 Å². The Labute approximate surface area is 207 Å². The van der Waals surface area contributed by atoms with E-state index in [0.717, 1.165) is 5.56 Å². The normalized spacial score (nSPS) is 13.5. The van der Waals surface area contributed by atoms with Gasteiger partial charge in [-0.1, -0.05) is 37.3 Å². The first kappa shape index (κ1) is 30.7. The molecule has 200 valence electrons.